The van der Waals surface area contributed by atoms with Crippen LogP contribution in [0.25, 0.3) is 0 Å². The molecule has 0 bridgehead atoms. The van der Waals surface area contributed by atoms with Crippen molar-refractivity contribution in [2.75, 3.05) is 11.9 Å². The first kappa shape index (κ1) is 38.7. The third kappa shape index (κ3) is 9.36. The van der Waals surface area contributed by atoms with Crippen LogP contribution in [0.3, 0.4) is 0 Å². The summed E-state index contributed by atoms with van der Waals surface area (Å²) in [6, 6.07) is 2.52. The second kappa shape index (κ2) is 16.3. The first-order valence-electron chi connectivity index (χ1n) is 15.6. The van der Waals surface area contributed by atoms with E-state index in [1.807, 2.05) is 13.8 Å². The molecule has 2 aromatic rings. The highest BCUT2D eigenvalue weighted by Gasteiger charge is 2.56. The monoisotopic (exact) mass is 746 g/mol. The third-order valence-corrected chi connectivity index (χ3v) is 10.5. The van der Waals surface area contributed by atoms with Crippen molar-refractivity contribution in [1.82, 2.24) is 20.2 Å². The summed E-state index contributed by atoms with van der Waals surface area (Å²) < 4.78 is 15.6. The van der Waals surface area contributed by atoms with Crippen LogP contribution < -0.4 is 10.6 Å². The zero-order valence-corrected chi connectivity index (χ0v) is 31.4. The van der Waals surface area contributed by atoms with Gasteiger partial charge in [-0.05, 0) is 60.1 Å². The summed E-state index contributed by atoms with van der Waals surface area (Å²) >= 11 is 3.70. The van der Waals surface area contributed by atoms with Gasteiger partial charge in [0.2, 0.25) is 5.60 Å². The number of β-lactam (4-membered cyclic amide) rings is 1. The normalized spacial score (nSPS) is 19.2. The van der Waals surface area contributed by atoms with Crippen molar-refractivity contribution in [3.8, 4) is 0 Å². The van der Waals surface area contributed by atoms with Crippen LogP contribution in [0, 0.1) is 0 Å². The summed E-state index contributed by atoms with van der Waals surface area (Å²) in [6.45, 7) is 12.0. The number of unbranched alkanes of at least 4 members (excludes halogenated alkanes) is 1. The molecule has 4 heterocycles. The van der Waals surface area contributed by atoms with Crippen LogP contribution in [0.15, 0.2) is 50.6 Å². The Kier molecular flexibility index (Phi) is 12.6. The molecule has 0 radical (unpaired) electrons. The highest BCUT2D eigenvalue weighted by Crippen LogP contribution is 2.49. The van der Waals surface area contributed by atoms with Crippen LogP contribution in [0.5, 0.6) is 0 Å². The lowest BCUT2D eigenvalue weighted by Crippen LogP contribution is -2.71. The zero-order chi connectivity index (χ0) is 36.8. The fourth-order valence-electron chi connectivity index (χ4n) is 4.44. The molecular formula is C31H39BN6O9S3. The molecule has 0 spiro atoms. The lowest BCUT2D eigenvalue weighted by atomic mass is 10.0. The molecule has 4 rings (SSSR count). The molecule has 19 heteroatoms. The van der Waals surface area contributed by atoms with E-state index in [1.54, 1.807) is 45.3 Å². The van der Waals surface area contributed by atoms with Gasteiger partial charge in [0.25, 0.3) is 11.8 Å². The Bertz CT molecular complexity index is 1680. The SMILES string of the molecule is BOC(=O)C1=C(Sc2ccncc2)[C@H](C)S[C@@H]2[C@H](NC(=O)/C(=N\OC(C)(C)C(=O)OCCCC)c3csc(NC(=O)OC(C)(C)C)n3)C(=O)N12. The van der Waals surface area contributed by atoms with Gasteiger partial charge in [0, 0.05) is 32.8 Å². The summed E-state index contributed by atoms with van der Waals surface area (Å²) in [5.74, 6) is -2.77. The number of nitrogens with zero attached hydrogens (tertiary/aromatic N) is 4. The van der Waals surface area contributed by atoms with Crippen molar-refractivity contribution in [2.45, 2.75) is 94.1 Å². The first-order valence-corrected chi connectivity index (χ1v) is 18.3. The van der Waals surface area contributed by atoms with Gasteiger partial charge in [0.1, 0.15) is 28.4 Å². The standard InChI is InChI=1S/C31H39BN6O9S3/c1-8-9-14-44-27(42)31(6,7)47-37-19(18-15-48-28(34-18)36-29(43)45-30(3,4)5)23(39)35-20-24(40)38-21(26(41)46-32)22(16(2)49-25(20)38)50-17-10-12-33-13-11-17/h10-13,15-16,20,25H,8-9,14,32H2,1-7H3,(H,35,39)(H,34,36,43)/b37-19-/t16-,20+,25+/m0/s1. The second-order valence-corrected chi connectivity index (χ2v) is 15.9. The minimum atomic E-state index is -1.59. The summed E-state index contributed by atoms with van der Waals surface area (Å²) in [4.78, 5) is 82.3. The molecule has 3 amide bonds. The topological polar surface area (TPSA) is 188 Å². The Balaban J connectivity index is 1.60. The van der Waals surface area contributed by atoms with Gasteiger partial charge in [-0.25, -0.2) is 19.4 Å². The molecular weight excluding hydrogens is 707 g/mol. The maximum atomic E-state index is 13.9. The minimum absolute atomic E-state index is 0.00631. The lowest BCUT2D eigenvalue weighted by Gasteiger charge is -2.51. The van der Waals surface area contributed by atoms with Gasteiger partial charge in [-0.2, -0.15) is 0 Å². The Morgan fingerprint density at radius 2 is 1.84 bits per heavy atom. The number of nitrogens with one attached hydrogen (secondary N) is 2. The zero-order valence-electron chi connectivity index (χ0n) is 28.9. The van der Waals surface area contributed by atoms with E-state index in [9.17, 15) is 24.0 Å². The molecule has 268 valence electrons. The number of pyridine rings is 1. The largest absolute Gasteiger partial charge is 0.539 e. The van der Waals surface area contributed by atoms with Gasteiger partial charge in [0.15, 0.2) is 10.8 Å². The molecule has 1 saturated heterocycles. The maximum Gasteiger partial charge on any atom is 0.413 e. The van der Waals surface area contributed by atoms with Crippen LogP contribution in [0.1, 0.15) is 67.0 Å². The number of oxime groups is 1. The molecule has 15 nitrogen and oxygen atoms in total. The van der Waals surface area contributed by atoms with Crippen LogP contribution in [-0.2, 0) is 38.1 Å². The molecule has 2 aliphatic heterocycles. The predicted octanol–water partition coefficient (Wildman–Crippen LogP) is 3.61. The lowest BCUT2D eigenvalue weighted by molar-refractivity contribution is -0.168. The number of amides is 3. The summed E-state index contributed by atoms with van der Waals surface area (Å²) in [6.07, 6.45) is 3.97. The van der Waals surface area contributed by atoms with E-state index in [0.29, 0.717) is 11.3 Å². The Hall–Kier alpha value is -4.10. The fraction of sp³-hybridized carbons (Fsp3) is 0.484. The number of aromatic nitrogens is 2. The summed E-state index contributed by atoms with van der Waals surface area (Å²) in [5.41, 5.74) is -2.63. The van der Waals surface area contributed by atoms with E-state index in [1.165, 1.54) is 55.7 Å². The van der Waals surface area contributed by atoms with Gasteiger partial charge in [0.05, 0.1) is 6.61 Å². The average molecular weight is 747 g/mol. The van der Waals surface area contributed by atoms with Crippen LogP contribution in [0.4, 0.5) is 9.93 Å². The molecule has 2 N–H and O–H groups in total. The molecule has 3 atom stereocenters. The molecule has 0 saturated carbocycles. The van der Waals surface area contributed by atoms with Gasteiger partial charge < -0.3 is 24.3 Å². The number of hydrogen-bond donors (Lipinski definition) is 2. The van der Waals surface area contributed by atoms with Gasteiger partial charge >= 0.3 is 26.1 Å². The van der Waals surface area contributed by atoms with E-state index >= 15 is 0 Å². The number of ether oxygens (including phenoxy) is 2. The number of rotatable bonds is 13. The predicted molar refractivity (Wildman–Crippen MR) is 191 cm³/mol. The van der Waals surface area contributed by atoms with Gasteiger partial charge in [-0.1, -0.05) is 30.3 Å². The van der Waals surface area contributed by atoms with E-state index in [-0.39, 0.29) is 34.1 Å². The highest BCUT2D eigenvalue weighted by atomic mass is 32.2. The number of thioether (sulfide) groups is 2. The molecule has 0 unspecified atom stereocenters. The smallest absolute Gasteiger partial charge is 0.413 e. The van der Waals surface area contributed by atoms with Crippen molar-refractivity contribution in [2.24, 2.45) is 5.16 Å². The number of fused-ring (bicyclic) bond motifs is 1. The highest BCUT2D eigenvalue weighted by molar-refractivity contribution is 8.06. The van der Waals surface area contributed by atoms with Gasteiger partial charge in [-0.3, -0.25) is 24.8 Å². The quantitative estimate of drug-likeness (QED) is 0.0757. The van der Waals surface area contributed by atoms with E-state index < -0.39 is 52.5 Å². The average Bonchev–Trinajstić information content (AvgIpc) is 3.51. The van der Waals surface area contributed by atoms with E-state index in [4.69, 9.17) is 19.0 Å². The van der Waals surface area contributed by atoms with Crippen molar-refractivity contribution < 1.29 is 42.9 Å². The number of hydrogen-bond acceptors (Lipinski definition) is 15. The molecule has 0 aromatic carbocycles. The number of thiazole rings is 1. The van der Waals surface area contributed by atoms with Gasteiger partial charge in [-0.15, -0.1) is 23.1 Å². The van der Waals surface area contributed by atoms with Crippen molar-refractivity contribution in [3.63, 3.8) is 0 Å². The number of carbonyl (C=O) groups is 5. The van der Waals surface area contributed by atoms with Crippen LogP contribution >= 0.6 is 34.9 Å². The van der Waals surface area contributed by atoms with Crippen LogP contribution in [-0.4, -0.2) is 92.9 Å². The fourth-order valence-corrected chi connectivity index (χ4v) is 7.72. The van der Waals surface area contributed by atoms with Crippen molar-refractivity contribution >= 4 is 83.6 Å². The molecule has 50 heavy (non-hydrogen) atoms. The Morgan fingerprint density at radius 1 is 1.14 bits per heavy atom. The third-order valence-electron chi connectivity index (χ3n) is 6.93. The molecule has 1 fully saturated rings. The van der Waals surface area contributed by atoms with Crippen LogP contribution in [0.2, 0.25) is 0 Å². The minimum Gasteiger partial charge on any atom is -0.539 e. The summed E-state index contributed by atoms with van der Waals surface area (Å²) in [7, 11) is 1.23. The van der Waals surface area contributed by atoms with E-state index in [2.05, 4.69) is 25.8 Å². The molecule has 2 aromatic heterocycles. The molecule has 2 aliphatic rings. The number of anilines is 1. The number of esters is 1. The number of carbonyl (C=O) groups excluding carboxylic acids is 5. The molecule has 0 aliphatic carbocycles. The summed E-state index contributed by atoms with van der Waals surface area (Å²) in [5, 5.41) is 9.88. The van der Waals surface area contributed by atoms with E-state index in [0.717, 1.165) is 22.7 Å². The Labute approximate surface area is 303 Å². The van der Waals surface area contributed by atoms with Crippen molar-refractivity contribution in [3.05, 3.63) is 46.2 Å². The maximum absolute atomic E-state index is 13.9. The first-order chi connectivity index (χ1) is 23.6. The second-order valence-electron chi connectivity index (χ2n) is 12.5. The Morgan fingerprint density at radius 3 is 2.48 bits per heavy atom. The van der Waals surface area contributed by atoms with Crippen molar-refractivity contribution in [1.29, 1.82) is 0 Å².